The Morgan fingerprint density at radius 2 is 2.18 bits per heavy atom. The van der Waals surface area contributed by atoms with E-state index in [1.54, 1.807) is 0 Å². The molecule has 0 saturated carbocycles. The van der Waals surface area contributed by atoms with E-state index in [1.807, 2.05) is 24.4 Å². The van der Waals surface area contributed by atoms with Crippen molar-refractivity contribution >= 4 is 16.7 Å². The lowest BCUT2D eigenvalue weighted by molar-refractivity contribution is 0.122. The standard InChI is InChI=1S/C16H20N4O2/c1-2-13-14(18-3-1)8-15(20-4-6-21-7-5-20)19-16(13)22-11-12-9-17-10-12/h1-3,8,12,17H,4-7,9-11H2. The second-order valence-electron chi connectivity index (χ2n) is 5.79. The molecule has 0 aromatic carbocycles. The van der Waals surface area contributed by atoms with Gasteiger partial charge in [-0.3, -0.25) is 4.98 Å². The summed E-state index contributed by atoms with van der Waals surface area (Å²) in [6.07, 6.45) is 1.81. The monoisotopic (exact) mass is 300 g/mol. The van der Waals surface area contributed by atoms with E-state index in [9.17, 15) is 0 Å². The molecule has 1 N–H and O–H groups in total. The van der Waals surface area contributed by atoms with Gasteiger partial charge < -0.3 is 19.7 Å². The molecule has 2 fully saturated rings. The fourth-order valence-electron chi connectivity index (χ4n) is 2.76. The fourth-order valence-corrected chi connectivity index (χ4v) is 2.76. The summed E-state index contributed by atoms with van der Waals surface area (Å²) in [5, 5.41) is 4.24. The van der Waals surface area contributed by atoms with Crippen molar-refractivity contribution < 1.29 is 9.47 Å². The molecular formula is C16H20N4O2. The maximum atomic E-state index is 6.01. The Hall–Kier alpha value is -1.92. The second kappa shape index (κ2) is 6.06. The first-order valence-electron chi connectivity index (χ1n) is 7.82. The Morgan fingerprint density at radius 1 is 1.32 bits per heavy atom. The molecule has 0 atom stereocenters. The molecule has 2 aliphatic heterocycles. The summed E-state index contributed by atoms with van der Waals surface area (Å²) in [7, 11) is 0. The van der Waals surface area contributed by atoms with E-state index in [-0.39, 0.29) is 0 Å². The van der Waals surface area contributed by atoms with E-state index < -0.39 is 0 Å². The van der Waals surface area contributed by atoms with Gasteiger partial charge in [-0.1, -0.05) is 0 Å². The van der Waals surface area contributed by atoms with Crippen molar-refractivity contribution in [2.24, 2.45) is 5.92 Å². The summed E-state index contributed by atoms with van der Waals surface area (Å²) in [5.41, 5.74) is 0.931. The van der Waals surface area contributed by atoms with Crippen LogP contribution in [-0.4, -0.2) is 56.0 Å². The fraction of sp³-hybridized carbons (Fsp3) is 0.500. The topological polar surface area (TPSA) is 59.5 Å². The van der Waals surface area contributed by atoms with Crippen LogP contribution in [0.3, 0.4) is 0 Å². The lowest BCUT2D eigenvalue weighted by Crippen LogP contribution is -2.45. The second-order valence-corrected chi connectivity index (χ2v) is 5.79. The van der Waals surface area contributed by atoms with Crippen molar-refractivity contribution in [3.05, 3.63) is 24.4 Å². The Bertz CT molecular complexity index is 654. The number of rotatable bonds is 4. The minimum atomic E-state index is 0.584. The first-order chi connectivity index (χ1) is 10.9. The SMILES string of the molecule is c1cnc2cc(N3CCOCC3)nc(OCC3CNC3)c2c1. The molecule has 0 bridgehead atoms. The van der Waals surface area contributed by atoms with Crippen molar-refractivity contribution in [2.45, 2.75) is 0 Å². The number of hydrogen-bond donors (Lipinski definition) is 1. The summed E-state index contributed by atoms with van der Waals surface area (Å²) >= 11 is 0. The third-order valence-corrected chi connectivity index (χ3v) is 4.21. The highest BCUT2D eigenvalue weighted by molar-refractivity contribution is 5.85. The zero-order valence-corrected chi connectivity index (χ0v) is 12.5. The van der Waals surface area contributed by atoms with Gasteiger partial charge in [0.2, 0.25) is 5.88 Å². The average Bonchev–Trinajstić information content (AvgIpc) is 2.54. The molecule has 0 amide bonds. The molecule has 2 aromatic heterocycles. The number of nitrogens with zero attached hydrogens (tertiary/aromatic N) is 3. The van der Waals surface area contributed by atoms with E-state index in [4.69, 9.17) is 14.5 Å². The summed E-state index contributed by atoms with van der Waals surface area (Å²) < 4.78 is 11.4. The van der Waals surface area contributed by atoms with Gasteiger partial charge in [-0.2, -0.15) is 4.98 Å². The highest BCUT2D eigenvalue weighted by atomic mass is 16.5. The summed E-state index contributed by atoms with van der Waals surface area (Å²) in [4.78, 5) is 11.4. The van der Waals surface area contributed by atoms with Crippen LogP contribution in [-0.2, 0) is 4.74 Å². The van der Waals surface area contributed by atoms with E-state index in [0.717, 1.165) is 56.1 Å². The highest BCUT2D eigenvalue weighted by Gasteiger charge is 2.20. The molecule has 22 heavy (non-hydrogen) atoms. The average molecular weight is 300 g/mol. The molecule has 0 unspecified atom stereocenters. The molecule has 2 saturated heterocycles. The van der Waals surface area contributed by atoms with Crippen LogP contribution < -0.4 is 15.0 Å². The molecule has 116 valence electrons. The maximum Gasteiger partial charge on any atom is 0.224 e. The van der Waals surface area contributed by atoms with Crippen LogP contribution in [0.25, 0.3) is 10.9 Å². The number of morpholine rings is 1. The first-order valence-corrected chi connectivity index (χ1v) is 7.82. The number of aromatic nitrogens is 2. The third kappa shape index (κ3) is 2.71. The van der Waals surface area contributed by atoms with E-state index in [2.05, 4.69) is 15.2 Å². The minimum absolute atomic E-state index is 0.584. The zero-order valence-electron chi connectivity index (χ0n) is 12.5. The zero-order chi connectivity index (χ0) is 14.8. The smallest absolute Gasteiger partial charge is 0.224 e. The van der Waals surface area contributed by atoms with E-state index >= 15 is 0 Å². The van der Waals surface area contributed by atoms with Crippen LogP contribution in [0.1, 0.15) is 0 Å². The molecular weight excluding hydrogens is 280 g/mol. The molecule has 2 aromatic rings. The van der Waals surface area contributed by atoms with Gasteiger partial charge in [0, 0.05) is 44.4 Å². The van der Waals surface area contributed by atoms with Gasteiger partial charge in [0.25, 0.3) is 0 Å². The largest absolute Gasteiger partial charge is 0.477 e. The number of ether oxygens (including phenoxy) is 2. The number of fused-ring (bicyclic) bond motifs is 1. The number of pyridine rings is 2. The van der Waals surface area contributed by atoms with Gasteiger partial charge >= 0.3 is 0 Å². The predicted octanol–water partition coefficient (Wildman–Crippen LogP) is 1.06. The van der Waals surface area contributed by atoms with Gasteiger partial charge in [0.15, 0.2) is 0 Å². The van der Waals surface area contributed by atoms with Crippen LogP contribution in [0.5, 0.6) is 5.88 Å². The summed E-state index contributed by atoms with van der Waals surface area (Å²) in [6, 6.07) is 5.99. The molecule has 6 nitrogen and oxygen atoms in total. The van der Waals surface area contributed by atoms with Gasteiger partial charge in [0.05, 0.1) is 30.7 Å². The van der Waals surface area contributed by atoms with Crippen molar-refractivity contribution in [3.8, 4) is 5.88 Å². The number of hydrogen-bond acceptors (Lipinski definition) is 6. The molecule has 4 heterocycles. The molecule has 0 aliphatic carbocycles. The summed E-state index contributed by atoms with van der Waals surface area (Å²) in [5.74, 6) is 2.20. The van der Waals surface area contributed by atoms with E-state index in [1.165, 1.54) is 0 Å². The van der Waals surface area contributed by atoms with Gasteiger partial charge in [0.1, 0.15) is 5.82 Å². The quantitative estimate of drug-likeness (QED) is 0.911. The van der Waals surface area contributed by atoms with Crippen molar-refractivity contribution in [1.29, 1.82) is 0 Å². The lowest BCUT2D eigenvalue weighted by atomic mass is 10.1. The van der Waals surface area contributed by atoms with Gasteiger partial charge in [-0.15, -0.1) is 0 Å². The Balaban J connectivity index is 1.65. The van der Waals surface area contributed by atoms with Crippen LogP contribution in [0, 0.1) is 5.92 Å². The Morgan fingerprint density at radius 3 is 2.95 bits per heavy atom. The molecule has 2 aliphatic rings. The van der Waals surface area contributed by atoms with Crippen LogP contribution in [0.4, 0.5) is 5.82 Å². The maximum absolute atomic E-state index is 6.01. The Kier molecular flexibility index (Phi) is 3.78. The minimum Gasteiger partial charge on any atom is -0.477 e. The third-order valence-electron chi connectivity index (χ3n) is 4.21. The molecule has 0 spiro atoms. The van der Waals surface area contributed by atoms with Crippen molar-refractivity contribution in [1.82, 2.24) is 15.3 Å². The molecule has 6 heteroatoms. The Labute approximate surface area is 129 Å². The van der Waals surface area contributed by atoms with Crippen LogP contribution >= 0.6 is 0 Å². The lowest BCUT2D eigenvalue weighted by Gasteiger charge is -2.29. The van der Waals surface area contributed by atoms with Crippen LogP contribution in [0.15, 0.2) is 24.4 Å². The number of anilines is 1. The van der Waals surface area contributed by atoms with Crippen molar-refractivity contribution in [3.63, 3.8) is 0 Å². The summed E-state index contributed by atoms with van der Waals surface area (Å²) in [6.45, 7) is 5.96. The van der Waals surface area contributed by atoms with Crippen molar-refractivity contribution in [2.75, 3.05) is 50.9 Å². The highest BCUT2D eigenvalue weighted by Crippen LogP contribution is 2.27. The predicted molar refractivity (Wildman–Crippen MR) is 84.4 cm³/mol. The first kappa shape index (κ1) is 13.7. The number of nitrogens with one attached hydrogen (secondary N) is 1. The van der Waals surface area contributed by atoms with E-state index in [0.29, 0.717) is 18.4 Å². The van der Waals surface area contributed by atoms with Gasteiger partial charge in [-0.25, -0.2) is 0 Å². The van der Waals surface area contributed by atoms with Crippen LogP contribution in [0.2, 0.25) is 0 Å². The van der Waals surface area contributed by atoms with Gasteiger partial charge in [-0.05, 0) is 12.1 Å². The molecule has 4 rings (SSSR count). The molecule has 0 radical (unpaired) electrons. The normalized spacial score (nSPS) is 19.2.